The molecule has 0 aromatic carbocycles. The Balaban J connectivity index is 1.98. The molecule has 23 heavy (non-hydrogen) atoms. The van der Waals surface area contributed by atoms with Gasteiger partial charge in [0.05, 0.1) is 11.9 Å². The largest absolute Gasteiger partial charge is 0.325 e. The monoisotopic (exact) mass is 311 g/mol. The van der Waals surface area contributed by atoms with Gasteiger partial charge in [-0.3, -0.25) is 9.78 Å². The highest BCUT2D eigenvalue weighted by atomic mass is 16.2. The van der Waals surface area contributed by atoms with E-state index in [1.54, 1.807) is 12.4 Å². The molecule has 1 fully saturated rings. The summed E-state index contributed by atoms with van der Waals surface area (Å²) in [6.45, 7) is 8.47. The van der Waals surface area contributed by atoms with Crippen LogP contribution in [0.25, 0.3) is 0 Å². The van der Waals surface area contributed by atoms with Crippen molar-refractivity contribution in [2.75, 3.05) is 6.54 Å². The molecular formula is C17H21N5O. The second-order valence-corrected chi connectivity index (χ2v) is 6.35. The zero-order valence-corrected chi connectivity index (χ0v) is 14.0. The molecule has 1 amide bonds. The Hall–Kier alpha value is -2.37. The molecule has 2 aromatic rings. The molecule has 0 N–H and O–H groups in total. The second-order valence-electron chi connectivity index (χ2n) is 6.35. The standard InChI is InChI=1S/C17H21N5O/c1-11-8-12(2)21-16(20-11)17(4)6-5-7-22(17)15(23)14-10-18-13(3)9-19-14/h8-10H,5-7H2,1-4H3. The number of nitrogens with zero attached hydrogens (tertiary/aromatic N) is 5. The fourth-order valence-corrected chi connectivity index (χ4v) is 3.13. The zero-order chi connectivity index (χ0) is 16.6. The predicted molar refractivity (Wildman–Crippen MR) is 85.9 cm³/mol. The smallest absolute Gasteiger partial charge is 0.274 e. The third-order valence-electron chi connectivity index (χ3n) is 4.35. The lowest BCUT2D eigenvalue weighted by atomic mass is 9.97. The summed E-state index contributed by atoms with van der Waals surface area (Å²) in [7, 11) is 0. The highest BCUT2D eigenvalue weighted by Gasteiger charge is 2.44. The van der Waals surface area contributed by atoms with Crippen LogP contribution in [-0.4, -0.2) is 37.3 Å². The van der Waals surface area contributed by atoms with Crippen LogP contribution in [0.3, 0.4) is 0 Å². The number of carbonyl (C=O) groups excluding carboxylic acids is 1. The number of likely N-dealkylation sites (tertiary alicyclic amines) is 1. The average molecular weight is 311 g/mol. The maximum Gasteiger partial charge on any atom is 0.274 e. The molecule has 0 saturated carbocycles. The van der Waals surface area contributed by atoms with E-state index in [1.165, 1.54) is 0 Å². The van der Waals surface area contributed by atoms with Crippen molar-refractivity contribution in [3.8, 4) is 0 Å². The molecule has 1 saturated heterocycles. The maximum atomic E-state index is 12.9. The van der Waals surface area contributed by atoms with Gasteiger partial charge >= 0.3 is 0 Å². The van der Waals surface area contributed by atoms with Crippen LogP contribution in [0.1, 0.15) is 53.2 Å². The van der Waals surface area contributed by atoms with Crippen molar-refractivity contribution in [2.24, 2.45) is 0 Å². The first-order chi connectivity index (χ1) is 10.9. The van der Waals surface area contributed by atoms with Gasteiger partial charge in [0.1, 0.15) is 11.2 Å². The average Bonchev–Trinajstić information content (AvgIpc) is 2.89. The Morgan fingerprint density at radius 3 is 2.39 bits per heavy atom. The normalized spacial score (nSPS) is 20.8. The van der Waals surface area contributed by atoms with E-state index in [-0.39, 0.29) is 5.91 Å². The molecule has 1 unspecified atom stereocenters. The second kappa shape index (κ2) is 5.68. The van der Waals surface area contributed by atoms with Crippen LogP contribution < -0.4 is 0 Å². The van der Waals surface area contributed by atoms with Gasteiger partial charge in [0.2, 0.25) is 0 Å². The number of rotatable bonds is 2. The molecule has 2 aromatic heterocycles. The van der Waals surface area contributed by atoms with Crippen LogP contribution >= 0.6 is 0 Å². The molecule has 0 radical (unpaired) electrons. The summed E-state index contributed by atoms with van der Waals surface area (Å²) in [5, 5.41) is 0. The predicted octanol–water partition coefficient (Wildman–Crippen LogP) is 2.34. The summed E-state index contributed by atoms with van der Waals surface area (Å²) >= 11 is 0. The van der Waals surface area contributed by atoms with Crippen molar-refractivity contribution in [1.82, 2.24) is 24.8 Å². The fourth-order valence-electron chi connectivity index (χ4n) is 3.13. The summed E-state index contributed by atoms with van der Waals surface area (Å²) < 4.78 is 0. The van der Waals surface area contributed by atoms with Crippen LogP contribution in [0.4, 0.5) is 0 Å². The summed E-state index contributed by atoms with van der Waals surface area (Å²) in [5.41, 5.74) is 2.50. The van der Waals surface area contributed by atoms with E-state index in [2.05, 4.69) is 19.9 Å². The maximum absolute atomic E-state index is 12.9. The van der Waals surface area contributed by atoms with Crippen LogP contribution in [0.5, 0.6) is 0 Å². The first-order valence-corrected chi connectivity index (χ1v) is 7.83. The van der Waals surface area contributed by atoms with Crippen molar-refractivity contribution < 1.29 is 4.79 Å². The number of carbonyl (C=O) groups is 1. The molecule has 1 atom stereocenters. The first kappa shape index (κ1) is 15.5. The van der Waals surface area contributed by atoms with Gasteiger partial charge < -0.3 is 4.90 Å². The van der Waals surface area contributed by atoms with Crippen molar-refractivity contribution >= 4 is 5.91 Å². The van der Waals surface area contributed by atoms with Gasteiger partial charge in [-0.1, -0.05) is 0 Å². The minimum atomic E-state index is -0.500. The lowest BCUT2D eigenvalue weighted by molar-refractivity contribution is 0.0596. The van der Waals surface area contributed by atoms with E-state index in [9.17, 15) is 4.79 Å². The van der Waals surface area contributed by atoms with E-state index in [0.717, 1.165) is 29.9 Å². The lowest BCUT2D eigenvalue weighted by Gasteiger charge is -2.34. The summed E-state index contributed by atoms with van der Waals surface area (Å²) in [6.07, 6.45) is 4.94. The molecule has 0 bridgehead atoms. The van der Waals surface area contributed by atoms with E-state index >= 15 is 0 Å². The summed E-state index contributed by atoms with van der Waals surface area (Å²) in [4.78, 5) is 32.3. The van der Waals surface area contributed by atoms with Crippen molar-refractivity contribution in [3.63, 3.8) is 0 Å². The van der Waals surface area contributed by atoms with Gasteiger partial charge in [-0.25, -0.2) is 15.0 Å². The Labute approximate surface area is 136 Å². The van der Waals surface area contributed by atoms with E-state index < -0.39 is 5.54 Å². The number of aromatic nitrogens is 4. The SMILES string of the molecule is Cc1cnc(C(=O)N2CCCC2(C)c2nc(C)cc(C)n2)cn1. The van der Waals surface area contributed by atoms with E-state index in [0.29, 0.717) is 18.1 Å². The van der Waals surface area contributed by atoms with Gasteiger partial charge in [-0.05, 0) is 46.6 Å². The molecule has 0 aliphatic carbocycles. The molecule has 6 heteroatoms. The highest BCUT2D eigenvalue weighted by Crippen LogP contribution is 2.37. The van der Waals surface area contributed by atoms with Crippen LogP contribution in [0, 0.1) is 20.8 Å². The number of amides is 1. The quantitative estimate of drug-likeness (QED) is 0.851. The van der Waals surface area contributed by atoms with Gasteiger partial charge in [0.25, 0.3) is 5.91 Å². The van der Waals surface area contributed by atoms with E-state index in [1.807, 2.05) is 38.7 Å². The third-order valence-corrected chi connectivity index (χ3v) is 4.35. The lowest BCUT2D eigenvalue weighted by Crippen LogP contribution is -2.44. The fraction of sp³-hybridized carbons (Fsp3) is 0.471. The Morgan fingerprint density at radius 2 is 1.78 bits per heavy atom. The molecule has 3 heterocycles. The zero-order valence-electron chi connectivity index (χ0n) is 14.0. The molecule has 1 aliphatic rings. The Morgan fingerprint density at radius 1 is 1.09 bits per heavy atom. The van der Waals surface area contributed by atoms with Gasteiger partial charge in [-0.15, -0.1) is 0 Å². The van der Waals surface area contributed by atoms with Gasteiger partial charge in [0.15, 0.2) is 5.82 Å². The molecule has 3 rings (SSSR count). The molecule has 6 nitrogen and oxygen atoms in total. The van der Waals surface area contributed by atoms with Crippen molar-refractivity contribution in [3.05, 3.63) is 47.1 Å². The number of hydrogen-bond donors (Lipinski definition) is 0. The Kier molecular flexibility index (Phi) is 3.83. The topological polar surface area (TPSA) is 71.9 Å². The first-order valence-electron chi connectivity index (χ1n) is 7.83. The third kappa shape index (κ3) is 2.81. The summed E-state index contributed by atoms with van der Waals surface area (Å²) in [6, 6.07) is 1.94. The number of hydrogen-bond acceptors (Lipinski definition) is 5. The Bertz CT molecular complexity index is 723. The molecule has 120 valence electrons. The van der Waals surface area contributed by atoms with Crippen LogP contribution in [0.15, 0.2) is 18.5 Å². The minimum Gasteiger partial charge on any atom is -0.325 e. The van der Waals surface area contributed by atoms with E-state index in [4.69, 9.17) is 0 Å². The van der Waals surface area contributed by atoms with Crippen molar-refractivity contribution in [2.45, 2.75) is 46.1 Å². The molecule has 1 aliphatic heterocycles. The molecular weight excluding hydrogens is 290 g/mol. The van der Waals surface area contributed by atoms with Gasteiger partial charge in [-0.2, -0.15) is 0 Å². The minimum absolute atomic E-state index is 0.111. The van der Waals surface area contributed by atoms with Gasteiger partial charge in [0, 0.05) is 24.1 Å². The number of aryl methyl sites for hydroxylation is 3. The van der Waals surface area contributed by atoms with Crippen LogP contribution in [-0.2, 0) is 5.54 Å². The van der Waals surface area contributed by atoms with Crippen LogP contribution in [0.2, 0.25) is 0 Å². The molecule has 0 spiro atoms. The highest BCUT2D eigenvalue weighted by molar-refractivity contribution is 5.92. The van der Waals surface area contributed by atoms with Crippen molar-refractivity contribution in [1.29, 1.82) is 0 Å². The summed E-state index contributed by atoms with van der Waals surface area (Å²) in [5.74, 6) is 0.598.